The van der Waals surface area contributed by atoms with E-state index in [-0.39, 0.29) is 29.1 Å². The molecule has 8 nitrogen and oxygen atoms in total. The first-order valence-corrected chi connectivity index (χ1v) is 8.65. The molecule has 1 aromatic heterocycles. The molecule has 5 rings (SSSR count). The summed E-state index contributed by atoms with van der Waals surface area (Å²) >= 11 is 0. The zero-order chi connectivity index (χ0) is 19.4. The number of rotatable bonds is 2. The van der Waals surface area contributed by atoms with Gasteiger partial charge in [0.05, 0.1) is 22.4 Å². The van der Waals surface area contributed by atoms with E-state index in [0.717, 1.165) is 10.2 Å². The highest BCUT2D eigenvalue weighted by atomic mass is 16.7. The number of fused-ring (bicyclic) bond motifs is 3. The number of nitrogens with zero attached hydrogens (tertiary/aromatic N) is 3. The Morgan fingerprint density at radius 1 is 1.07 bits per heavy atom. The molecule has 2 aliphatic rings. The lowest BCUT2D eigenvalue weighted by molar-refractivity contribution is 0.174. The van der Waals surface area contributed by atoms with Crippen LogP contribution in [0.1, 0.15) is 11.6 Å². The smallest absolute Gasteiger partial charge is 0.279 e. The molecule has 1 unspecified atom stereocenters. The Morgan fingerprint density at radius 3 is 2.54 bits per heavy atom. The molecule has 0 saturated heterocycles. The largest absolute Gasteiger partial charge is 0.454 e. The first-order chi connectivity index (χ1) is 13.6. The Labute approximate surface area is 158 Å². The topological polar surface area (TPSA) is 112 Å². The summed E-state index contributed by atoms with van der Waals surface area (Å²) in [6.07, 6.45) is 0.303. The van der Waals surface area contributed by atoms with Crippen LogP contribution < -0.4 is 26.3 Å². The number of nitriles is 1. The van der Waals surface area contributed by atoms with Crippen LogP contribution in [0.3, 0.4) is 0 Å². The molecule has 8 heteroatoms. The van der Waals surface area contributed by atoms with E-state index in [1.54, 1.807) is 36.4 Å². The molecule has 0 saturated carbocycles. The van der Waals surface area contributed by atoms with Gasteiger partial charge >= 0.3 is 0 Å². The van der Waals surface area contributed by atoms with Crippen molar-refractivity contribution in [3.63, 3.8) is 0 Å². The normalized spacial score (nSPS) is 17.0. The Kier molecular flexibility index (Phi) is 3.33. The second-order valence-electron chi connectivity index (χ2n) is 6.63. The van der Waals surface area contributed by atoms with Gasteiger partial charge in [-0.15, -0.1) is 0 Å². The minimum Gasteiger partial charge on any atom is -0.454 e. The van der Waals surface area contributed by atoms with Gasteiger partial charge in [-0.3, -0.25) is 9.59 Å². The average Bonchev–Trinajstić information content (AvgIpc) is 3.28. The van der Waals surface area contributed by atoms with Crippen LogP contribution in [0.25, 0.3) is 16.6 Å². The fraction of sp³-hybridized carbons (Fsp3) is 0.150. The number of benzene rings is 2. The van der Waals surface area contributed by atoms with Crippen LogP contribution in [-0.4, -0.2) is 16.2 Å². The van der Waals surface area contributed by atoms with E-state index in [1.807, 2.05) is 6.07 Å². The van der Waals surface area contributed by atoms with E-state index >= 15 is 0 Å². The molecule has 1 atom stereocenters. The molecule has 0 spiro atoms. The van der Waals surface area contributed by atoms with E-state index in [9.17, 15) is 14.9 Å². The summed E-state index contributed by atoms with van der Waals surface area (Å²) in [6, 6.07) is 13.4. The molecule has 0 radical (unpaired) electrons. The van der Waals surface area contributed by atoms with Crippen LogP contribution >= 0.6 is 0 Å². The SMILES string of the molecule is N#CC1=C(N)n2c(=O)c3ccccc3c(=O)n2C1Cc1ccc2c(c1)OCO2. The third kappa shape index (κ3) is 2.10. The maximum atomic E-state index is 13.1. The molecule has 3 aromatic rings. The van der Waals surface area contributed by atoms with Gasteiger partial charge in [0.2, 0.25) is 6.79 Å². The lowest BCUT2D eigenvalue weighted by atomic mass is 10.00. The van der Waals surface area contributed by atoms with Crippen molar-refractivity contribution in [1.29, 1.82) is 5.26 Å². The number of ether oxygens (including phenoxy) is 2. The fourth-order valence-electron chi connectivity index (χ4n) is 3.81. The summed E-state index contributed by atoms with van der Waals surface area (Å²) in [5, 5.41) is 10.2. The van der Waals surface area contributed by atoms with E-state index in [4.69, 9.17) is 15.2 Å². The molecular weight excluding hydrogens is 360 g/mol. The van der Waals surface area contributed by atoms with E-state index in [0.29, 0.717) is 23.3 Å². The van der Waals surface area contributed by atoms with Gasteiger partial charge < -0.3 is 15.2 Å². The Balaban J connectivity index is 1.71. The maximum Gasteiger partial charge on any atom is 0.279 e. The molecule has 2 aromatic carbocycles. The summed E-state index contributed by atoms with van der Waals surface area (Å²) in [5.74, 6) is 1.24. The van der Waals surface area contributed by atoms with Crippen LogP contribution in [-0.2, 0) is 6.42 Å². The van der Waals surface area contributed by atoms with E-state index in [2.05, 4.69) is 6.07 Å². The predicted octanol–water partition coefficient (Wildman–Crippen LogP) is 1.34. The zero-order valence-corrected chi connectivity index (χ0v) is 14.6. The van der Waals surface area contributed by atoms with Crippen molar-refractivity contribution in [3.8, 4) is 17.6 Å². The molecule has 3 heterocycles. The number of nitrogens with two attached hydrogens (primary N) is 1. The van der Waals surface area contributed by atoms with Crippen molar-refractivity contribution in [1.82, 2.24) is 9.36 Å². The Morgan fingerprint density at radius 2 is 1.79 bits per heavy atom. The summed E-state index contributed by atoms with van der Waals surface area (Å²) in [5.41, 5.74) is 6.34. The number of allylic oxidation sites excluding steroid dienone is 1. The highest BCUT2D eigenvalue weighted by molar-refractivity contribution is 5.81. The lowest BCUT2D eigenvalue weighted by Crippen LogP contribution is -2.38. The molecule has 0 amide bonds. The minimum atomic E-state index is -0.685. The van der Waals surface area contributed by atoms with Crippen molar-refractivity contribution in [2.24, 2.45) is 5.73 Å². The maximum absolute atomic E-state index is 13.1. The number of hydrogen-bond acceptors (Lipinski definition) is 6. The molecule has 0 aliphatic carbocycles. The summed E-state index contributed by atoms with van der Waals surface area (Å²) in [4.78, 5) is 26.1. The van der Waals surface area contributed by atoms with Crippen molar-refractivity contribution in [2.45, 2.75) is 12.5 Å². The zero-order valence-electron chi connectivity index (χ0n) is 14.6. The highest BCUT2D eigenvalue weighted by Gasteiger charge is 2.33. The average molecular weight is 374 g/mol. The van der Waals surface area contributed by atoms with Gasteiger partial charge in [0.1, 0.15) is 11.9 Å². The van der Waals surface area contributed by atoms with Crippen molar-refractivity contribution in [3.05, 3.63) is 74.3 Å². The molecular formula is C20H14N4O4. The number of hydrogen-bond donors (Lipinski definition) is 1. The van der Waals surface area contributed by atoms with Gasteiger partial charge in [0, 0.05) is 6.42 Å². The molecule has 138 valence electrons. The minimum absolute atomic E-state index is 0.0129. The third-order valence-corrected chi connectivity index (χ3v) is 5.12. The van der Waals surface area contributed by atoms with Crippen LogP contribution in [0.15, 0.2) is 57.6 Å². The van der Waals surface area contributed by atoms with E-state index < -0.39 is 11.6 Å². The molecule has 0 fully saturated rings. The molecule has 0 bridgehead atoms. The van der Waals surface area contributed by atoms with E-state index in [1.165, 1.54) is 4.68 Å². The van der Waals surface area contributed by atoms with Gasteiger partial charge in [-0.25, -0.2) is 4.68 Å². The van der Waals surface area contributed by atoms with Gasteiger partial charge in [0.15, 0.2) is 11.5 Å². The molecule has 28 heavy (non-hydrogen) atoms. The third-order valence-electron chi connectivity index (χ3n) is 5.12. The van der Waals surface area contributed by atoms with Crippen LogP contribution in [0.4, 0.5) is 0 Å². The second kappa shape index (κ2) is 5.76. The van der Waals surface area contributed by atoms with Gasteiger partial charge in [0.25, 0.3) is 11.1 Å². The quantitative estimate of drug-likeness (QED) is 0.724. The van der Waals surface area contributed by atoms with Crippen LogP contribution in [0.2, 0.25) is 0 Å². The first kappa shape index (κ1) is 16.2. The summed E-state index contributed by atoms with van der Waals surface area (Å²) in [6.45, 7) is 0.155. The standard InChI is InChI=1S/C20H14N4O4/c21-9-14-15(7-11-5-6-16-17(8-11)28-10-27-16)23-19(25)12-3-1-2-4-13(12)20(26)24(23)18(14)22/h1-6,8,15H,7,10,22H2. The van der Waals surface area contributed by atoms with Gasteiger partial charge in [-0.2, -0.15) is 9.94 Å². The van der Waals surface area contributed by atoms with Crippen molar-refractivity contribution >= 4 is 16.6 Å². The van der Waals surface area contributed by atoms with Gasteiger partial charge in [-0.05, 0) is 29.8 Å². The molecule has 2 aliphatic heterocycles. The Bertz CT molecular complexity index is 1340. The highest BCUT2D eigenvalue weighted by Crippen LogP contribution is 2.35. The van der Waals surface area contributed by atoms with Crippen molar-refractivity contribution < 1.29 is 9.47 Å². The number of aromatic nitrogens is 2. The summed E-state index contributed by atoms with van der Waals surface area (Å²) < 4.78 is 13.1. The van der Waals surface area contributed by atoms with Gasteiger partial charge in [-0.1, -0.05) is 18.2 Å². The van der Waals surface area contributed by atoms with Crippen LogP contribution in [0.5, 0.6) is 11.5 Å². The lowest BCUT2D eigenvalue weighted by Gasteiger charge is -2.16. The Hall–Kier alpha value is -3.99. The summed E-state index contributed by atoms with van der Waals surface area (Å²) in [7, 11) is 0. The molecule has 2 N–H and O–H groups in total. The van der Waals surface area contributed by atoms with Crippen LogP contribution in [0, 0.1) is 11.3 Å². The van der Waals surface area contributed by atoms with Crippen molar-refractivity contribution in [2.75, 3.05) is 6.79 Å². The monoisotopic (exact) mass is 374 g/mol. The fourth-order valence-corrected chi connectivity index (χ4v) is 3.81. The second-order valence-corrected chi connectivity index (χ2v) is 6.63. The predicted molar refractivity (Wildman–Crippen MR) is 101 cm³/mol. The first-order valence-electron chi connectivity index (χ1n) is 8.65.